The number of hydrogen-bond donors (Lipinski definition) is 0. The molecule has 1 aromatic rings. The smallest absolute Gasteiger partial charge is 0.436 e. The maximum atomic E-state index is 13.0. The van der Waals surface area contributed by atoms with E-state index >= 15 is 0 Å². The molecule has 0 fully saturated rings. The molecule has 0 saturated carbocycles. The average molecular weight is 237 g/mol. The van der Waals surface area contributed by atoms with E-state index in [1.54, 1.807) is 0 Å². The normalized spacial score (nSPS) is 11.3. The SMILES string of the molecule is CCOC(=O)c1cnc(C(F)(F)F)c(F)c1. The number of rotatable bonds is 2. The van der Waals surface area contributed by atoms with Crippen LogP contribution in [0.1, 0.15) is 23.0 Å². The van der Waals surface area contributed by atoms with E-state index in [0.717, 1.165) is 0 Å². The standard InChI is InChI=1S/C9H7F4NO2/c1-2-16-8(15)5-3-6(10)7(14-4-5)9(11,12)13/h3-4H,2H2,1H3. The summed E-state index contributed by atoms with van der Waals surface area (Å²) in [5.41, 5.74) is -2.01. The highest BCUT2D eigenvalue weighted by atomic mass is 19.4. The third-order valence-electron chi connectivity index (χ3n) is 1.62. The molecule has 1 heterocycles. The number of alkyl halides is 3. The Bertz CT molecular complexity index is 403. The molecule has 0 atom stereocenters. The van der Waals surface area contributed by atoms with Crippen molar-refractivity contribution in [1.29, 1.82) is 0 Å². The number of aromatic nitrogens is 1. The van der Waals surface area contributed by atoms with Gasteiger partial charge >= 0.3 is 12.1 Å². The molecule has 3 nitrogen and oxygen atoms in total. The first-order valence-corrected chi connectivity index (χ1v) is 4.26. The summed E-state index contributed by atoms with van der Waals surface area (Å²) in [6.45, 7) is 1.56. The molecule has 0 amide bonds. The van der Waals surface area contributed by atoms with Gasteiger partial charge in [-0.25, -0.2) is 14.2 Å². The third-order valence-corrected chi connectivity index (χ3v) is 1.62. The highest BCUT2D eigenvalue weighted by Gasteiger charge is 2.36. The number of hydrogen-bond acceptors (Lipinski definition) is 3. The van der Waals surface area contributed by atoms with Crippen LogP contribution in [0.15, 0.2) is 12.3 Å². The van der Waals surface area contributed by atoms with Crippen LogP contribution in [0.4, 0.5) is 17.6 Å². The lowest BCUT2D eigenvalue weighted by molar-refractivity contribution is -0.143. The molecule has 0 aromatic carbocycles. The largest absolute Gasteiger partial charge is 0.462 e. The van der Waals surface area contributed by atoms with Gasteiger partial charge < -0.3 is 4.74 Å². The summed E-state index contributed by atoms with van der Waals surface area (Å²) in [4.78, 5) is 13.9. The van der Waals surface area contributed by atoms with Gasteiger partial charge in [-0.3, -0.25) is 0 Å². The van der Waals surface area contributed by atoms with Crippen molar-refractivity contribution in [3.8, 4) is 0 Å². The van der Waals surface area contributed by atoms with E-state index in [1.165, 1.54) is 6.92 Å². The van der Waals surface area contributed by atoms with Crippen LogP contribution in [0.5, 0.6) is 0 Å². The monoisotopic (exact) mass is 237 g/mol. The Morgan fingerprint density at radius 3 is 2.56 bits per heavy atom. The maximum absolute atomic E-state index is 13.0. The van der Waals surface area contributed by atoms with Gasteiger partial charge in [0.25, 0.3) is 0 Å². The van der Waals surface area contributed by atoms with Crippen LogP contribution in [-0.4, -0.2) is 17.6 Å². The van der Waals surface area contributed by atoms with Crippen LogP contribution in [0.2, 0.25) is 0 Å². The van der Waals surface area contributed by atoms with Gasteiger partial charge in [0.05, 0.1) is 12.2 Å². The van der Waals surface area contributed by atoms with Gasteiger partial charge in [-0.1, -0.05) is 0 Å². The number of carbonyl (C=O) groups excluding carboxylic acids is 1. The quantitative estimate of drug-likeness (QED) is 0.585. The first-order chi connectivity index (χ1) is 7.36. The zero-order valence-electron chi connectivity index (χ0n) is 8.14. The molecular formula is C9H7F4NO2. The minimum Gasteiger partial charge on any atom is -0.462 e. The molecule has 88 valence electrons. The lowest BCUT2D eigenvalue weighted by Gasteiger charge is -2.07. The van der Waals surface area contributed by atoms with Crippen LogP contribution in [0, 0.1) is 5.82 Å². The first-order valence-electron chi connectivity index (χ1n) is 4.26. The van der Waals surface area contributed by atoms with Crippen LogP contribution in [0.25, 0.3) is 0 Å². The van der Waals surface area contributed by atoms with Gasteiger partial charge in [0.2, 0.25) is 0 Å². The Kier molecular flexibility index (Phi) is 3.46. The summed E-state index contributed by atoms with van der Waals surface area (Å²) in [5, 5.41) is 0. The fraction of sp³-hybridized carbons (Fsp3) is 0.333. The van der Waals surface area contributed by atoms with Gasteiger partial charge in [-0.2, -0.15) is 13.2 Å². The predicted octanol–water partition coefficient (Wildman–Crippen LogP) is 2.42. The predicted molar refractivity (Wildman–Crippen MR) is 45.2 cm³/mol. The Labute approximate surface area is 88.0 Å². The topological polar surface area (TPSA) is 39.2 Å². The number of nitrogens with zero attached hydrogens (tertiary/aromatic N) is 1. The number of esters is 1. The second-order valence-electron chi connectivity index (χ2n) is 2.77. The number of ether oxygens (including phenoxy) is 1. The van der Waals surface area contributed by atoms with Crippen LogP contribution in [-0.2, 0) is 10.9 Å². The number of pyridine rings is 1. The lowest BCUT2D eigenvalue weighted by Crippen LogP contribution is -2.13. The van der Waals surface area contributed by atoms with Crippen molar-refractivity contribution in [3.05, 3.63) is 29.3 Å². The van der Waals surface area contributed by atoms with E-state index in [4.69, 9.17) is 0 Å². The van der Waals surface area contributed by atoms with E-state index < -0.39 is 23.7 Å². The Hall–Kier alpha value is -1.66. The molecule has 0 radical (unpaired) electrons. The molecule has 0 N–H and O–H groups in total. The fourth-order valence-corrected chi connectivity index (χ4v) is 0.973. The molecule has 0 unspecified atom stereocenters. The van der Waals surface area contributed by atoms with E-state index in [1.807, 2.05) is 0 Å². The summed E-state index contributed by atoms with van der Waals surface area (Å²) < 4.78 is 53.8. The second kappa shape index (κ2) is 4.46. The molecular weight excluding hydrogens is 230 g/mol. The number of carbonyl (C=O) groups is 1. The highest BCUT2D eigenvalue weighted by Crippen LogP contribution is 2.29. The summed E-state index contributed by atoms with van der Waals surface area (Å²) in [5.74, 6) is -2.51. The summed E-state index contributed by atoms with van der Waals surface area (Å²) >= 11 is 0. The number of halogens is 4. The van der Waals surface area contributed by atoms with Crippen molar-refractivity contribution in [2.45, 2.75) is 13.1 Å². The van der Waals surface area contributed by atoms with E-state index in [-0.39, 0.29) is 12.2 Å². The van der Waals surface area contributed by atoms with E-state index in [9.17, 15) is 22.4 Å². The molecule has 0 aliphatic rings. The zero-order valence-corrected chi connectivity index (χ0v) is 8.14. The zero-order chi connectivity index (χ0) is 12.3. The maximum Gasteiger partial charge on any atom is 0.436 e. The molecule has 16 heavy (non-hydrogen) atoms. The highest BCUT2D eigenvalue weighted by molar-refractivity contribution is 5.89. The van der Waals surface area contributed by atoms with Gasteiger partial charge in [0.1, 0.15) is 0 Å². The van der Waals surface area contributed by atoms with Gasteiger partial charge in [0.15, 0.2) is 11.5 Å². The van der Waals surface area contributed by atoms with Gasteiger partial charge in [-0.15, -0.1) is 0 Å². The summed E-state index contributed by atoms with van der Waals surface area (Å²) in [6, 6.07) is 0.452. The second-order valence-corrected chi connectivity index (χ2v) is 2.77. The van der Waals surface area contributed by atoms with Gasteiger partial charge in [0, 0.05) is 6.20 Å². The van der Waals surface area contributed by atoms with Crippen molar-refractivity contribution in [2.75, 3.05) is 6.61 Å². The van der Waals surface area contributed by atoms with Crippen LogP contribution >= 0.6 is 0 Å². The van der Waals surface area contributed by atoms with Crippen molar-refractivity contribution in [1.82, 2.24) is 4.98 Å². The Morgan fingerprint density at radius 2 is 2.12 bits per heavy atom. The van der Waals surface area contributed by atoms with E-state index in [2.05, 4.69) is 9.72 Å². The molecule has 0 bridgehead atoms. The summed E-state index contributed by atoms with van der Waals surface area (Å²) in [6.07, 6.45) is -4.25. The Balaban J connectivity index is 3.05. The van der Waals surface area contributed by atoms with Crippen LogP contribution < -0.4 is 0 Å². The minimum atomic E-state index is -4.88. The van der Waals surface area contributed by atoms with E-state index in [0.29, 0.717) is 12.3 Å². The lowest BCUT2D eigenvalue weighted by atomic mass is 10.2. The van der Waals surface area contributed by atoms with Gasteiger partial charge in [-0.05, 0) is 13.0 Å². The average Bonchev–Trinajstić information content (AvgIpc) is 2.16. The molecule has 0 spiro atoms. The molecule has 0 aliphatic heterocycles. The van der Waals surface area contributed by atoms with Crippen molar-refractivity contribution < 1.29 is 27.1 Å². The van der Waals surface area contributed by atoms with Crippen LogP contribution in [0.3, 0.4) is 0 Å². The molecule has 1 rings (SSSR count). The third kappa shape index (κ3) is 2.68. The molecule has 1 aromatic heterocycles. The van der Waals surface area contributed by atoms with Crippen molar-refractivity contribution >= 4 is 5.97 Å². The molecule has 0 saturated heterocycles. The molecule has 0 aliphatic carbocycles. The van der Waals surface area contributed by atoms with Crippen molar-refractivity contribution in [3.63, 3.8) is 0 Å². The molecule has 7 heteroatoms. The fourth-order valence-electron chi connectivity index (χ4n) is 0.973. The van der Waals surface area contributed by atoms with Crippen molar-refractivity contribution in [2.24, 2.45) is 0 Å². The minimum absolute atomic E-state index is 0.0431. The summed E-state index contributed by atoms with van der Waals surface area (Å²) in [7, 11) is 0. The Morgan fingerprint density at radius 1 is 1.50 bits per heavy atom. The first kappa shape index (κ1) is 12.4.